The van der Waals surface area contributed by atoms with Crippen LogP contribution in [0.3, 0.4) is 0 Å². The van der Waals surface area contributed by atoms with E-state index in [0.717, 1.165) is 41.1 Å². The number of carbonyl (C=O) groups excluding carboxylic acids is 1. The number of hydrogen-bond acceptors (Lipinski definition) is 4. The largest absolute Gasteiger partial charge is 0.323 e. The molecule has 162 valence electrons. The summed E-state index contributed by atoms with van der Waals surface area (Å²) >= 11 is 1.05. The van der Waals surface area contributed by atoms with Gasteiger partial charge < -0.3 is 5.32 Å². The summed E-state index contributed by atoms with van der Waals surface area (Å²) in [5, 5.41) is 3.16. The summed E-state index contributed by atoms with van der Waals surface area (Å²) in [7, 11) is 0. The van der Waals surface area contributed by atoms with E-state index in [9.17, 15) is 18.4 Å². The molecule has 0 saturated heterocycles. The molecular weight excluding hydrogens is 432 g/mol. The van der Waals surface area contributed by atoms with Crippen LogP contribution in [0.15, 0.2) is 70.6 Å². The normalized spacial score (nSPS) is 11.0. The average molecular weight is 451 g/mol. The number of nitrogens with one attached hydrogen (secondary N) is 1. The summed E-state index contributed by atoms with van der Waals surface area (Å²) in [6.07, 6.45) is 0. The van der Waals surface area contributed by atoms with E-state index in [1.807, 2.05) is 32.0 Å². The number of halogens is 2. The number of rotatable bonds is 5. The van der Waals surface area contributed by atoms with Crippen molar-refractivity contribution in [3.8, 4) is 5.69 Å². The molecule has 0 aliphatic rings. The van der Waals surface area contributed by atoms with Gasteiger partial charge in [-0.3, -0.25) is 14.2 Å². The number of para-hydroxylation sites is 1. The maximum absolute atomic E-state index is 13.8. The van der Waals surface area contributed by atoms with Gasteiger partial charge in [0.15, 0.2) is 5.16 Å². The van der Waals surface area contributed by atoms with E-state index in [1.165, 1.54) is 4.57 Å². The van der Waals surface area contributed by atoms with Gasteiger partial charge in [0.05, 0.1) is 28.0 Å². The first-order chi connectivity index (χ1) is 15.3. The Kier molecular flexibility index (Phi) is 6.05. The molecule has 0 aliphatic heterocycles. The number of amides is 1. The quantitative estimate of drug-likeness (QED) is 0.342. The fourth-order valence-electron chi connectivity index (χ4n) is 3.31. The third-order valence-electron chi connectivity index (χ3n) is 5.10. The second kappa shape index (κ2) is 8.92. The monoisotopic (exact) mass is 451 g/mol. The molecule has 0 spiro atoms. The van der Waals surface area contributed by atoms with Gasteiger partial charge in [-0.1, -0.05) is 36.0 Å². The number of carbonyl (C=O) groups is 1. The molecule has 3 aromatic carbocycles. The number of thioether (sulfide) groups is 1. The van der Waals surface area contributed by atoms with Crippen molar-refractivity contribution in [2.75, 3.05) is 11.1 Å². The maximum atomic E-state index is 13.8. The maximum Gasteiger partial charge on any atom is 0.266 e. The van der Waals surface area contributed by atoms with Crippen LogP contribution >= 0.6 is 11.8 Å². The van der Waals surface area contributed by atoms with Crippen molar-refractivity contribution in [2.45, 2.75) is 19.0 Å². The highest BCUT2D eigenvalue weighted by Crippen LogP contribution is 2.25. The molecule has 0 aliphatic carbocycles. The standard InChI is InChI=1S/C24H19F2N3O2S/c1-14-6-5-9-21(15(14)2)29-23(31)17-7-3-4-8-19(17)28-24(29)32-13-22(30)27-20-12-16(25)10-11-18(20)26/h3-12H,13H2,1-2H3,(H,27,30). The third-order valence-corrected chi connectivity index (χ3v) is 6.04. The Morgan fingerprint density at radius 3 is 2.66 bits per heavy atom. The van der Waals surface area contributed by atoms with Crippen LogP contribution in [0.2, 0.25) is 0 Å². The first kappa shape index (κ1) is 21.7. The van der Waals surface area contributed by atoms with Crippen molar-refractivity contribution in [1.29, 1.82) is 0 Å². The smallest absolute Gasteiger partial charge is 0.266 e. The van der Waals surface area contributed by atoms with Crippen LogP contribution in [0.1, 0.15) is 11.1 Å². The molecule has 5 nitrogen and oxygen atoms in total. The first-order valence-corrected chi connectivity index (χ1v) is 10.8. The Hall–Kier alpha value is -3.52. The molecule has 0 bridgehead atoms. The van der Waals surface area contributed by atoms with Crippen molar-refractivity contribution in [3.05, 3.63) is 93.8 Å². The minimum atomic E-state index is -0.735. The number of anilines is 1. The molecular formula is C24H19F2N3O2S. The van der Waals surface area contributed by atoms with Gasteiger partial charge in [0.1, 0.15) is 11.6 Å². The number of aryl methyl sites for hydroxylation is 1. The van der Waals surface area contributed by atoms with E-state index < -0.39 is 17.5 Å². The van der Waals surface area contributed by atoms with Crippen molar-refractivity contribution in [3.63, 3.8) is 0 Å². The SMILES string of the molecule is Cc1cccc(-n2c(SCC(=O)Nc3cc(F)ccc3F)nc3ccccc3c2=O)c1C. The highest BCUT2D eigenvalue weighted by Gasteiger charge is 2.17. The van der Waals surface area contributed by atoms with Crippen molar-refractivity contribution < 1.29 is 13.6 Å². The van der Waals surface area contributed by atoms with Crippen LogP contribution < -0.4 is 10.9 Å². The molecule has 0 radical (unpaired) electrons. The lowest BCUT2D eigenvalue weighted by molar-refractivity contribution is -0.113. The second-order valence-corrected chi connectivity index (χ2v) is 8.17. The van der Waals surface area contributed by atoms with Gasteiger partial charge in [0, 0.05) is 6.07 Å². The van der Waals surface area contributed by atoms with Crippen molar-refractivity contribution in [2.24, 2.45) is 0 Å². The van der Waals surface area contributed by atoms with Gasteiger partial charge in [-0.2, -0.15) is 0 Å². The van der Waals surface area contributed by atoms with Crippen LogP contribution in [0, 0.1) is 25.5 Å². The molecule has 4 rings (SSSR count). The predicted molar refractivity (Wildman–Crippen MR) is 123 cm³/mol. The lowest BCUT2D eigenvalue weighted by Crippen LogP contribution is -2.23. The van der Waals surface area contributed by atoms with Gasteiger partial charge in [0.2, 0.25) is 5.91 Å². The Morgan fingerprint density at radius 1 is 1.06 bits per heavy atom. The van der Waals surface area contributed by atoms with E-state index in [-0.39, 0.29) is 17.0 Å². The van der Waals surface area contributed by atoms with E-state index in [0.29, 0.717) is 21.7 Å². The molecule has 0 saturated carbocycles. The second-order valence-electron chi connectivity index (χ2n) is 7.23. The number of fused-ring (bicyclic) bond motifs is 1. The lowest BCUT2D eigenvalue weighted by Gasteiger charge is -2.16. The van der Waals surface area contributed by atoms with E-state index in [4.69, 9.17) is 0 Å². The summed E-state index contributed by atoms with van der Waals surface area (Å²) in [5.41, 5.74) is 2.63. The number of hydrogen-bond donors (Lipinski definition) is 1. The Labute approximate surface area is 187 Å². The molecule has 4 aromatic rings. The van der Waals surface area contributed by atoms with Crippen LogP contribution in [-0.4, -0.2) is 21.2 Å². The summed E-state index contributed by atoms with van der Waals surface area (Å²) in [4.78, 5) is 30.4. The Balaban J connectivity index is 1.71. The number of benzene rings is 3. The fourth-order valence-corrected chi connectivity index (χ4v) is 4.11. The van der Waals surface area contributed by atoms with Gasteiger partial charge in [-0.05, 0) is 55.3 Å². The van der Waals surface area contributed by atoms with Crippen LogP contribution in [0.5, 0.6) is 0 Å². The molecule has 1 heterocycles. The van der Waals surface area contributed by atoms with Gasteiger partial charge >= 0.3 is 0 Å². The third kappa shape index (κ3) is 4.27. The van der Waals surface area contributed by atoms with Crippen molar-refractivity contribution in [1.82, 2.24) is 9.55 Å². The van der Waals surface area contributed by atoms with Crippen molar-refractivity contribution >= 4 is 34.3 Å². The van der Waals surface area contributed by atoms with E-state index in [1.54, 1.807) is 24.3 Å². The molecule has 0 fully saturated rings. The summed E-state index contributed by atoms with van der Waals surface area (Å²) in [6.45, 7) is 3.87. The van der Waals surface area contributed by atoms with E-state index in [2.05, 4.69) is 10.3 Å². The zero-order chi connectivity index (χ0) is 22.8. The van der Waals surface area contributed by atoms with E-state index >= 15 is 0 Å². The Bertz CT molecular complexity index is 1400. The summed E-state index contributed by atoms with van der Waals surface area (Å²) in [5.74, 6) is -2.09. The summed E-state index contributed by atoms with van der Waals surface area (Å²) < 4.78 is 28.7. The lowest BCUT2D eigenvalue weighted by atomic mass is 10.1. The first-order valence-electron chi connectivity index (χ1n) is 9.81. The highest BCUT2D eigenvalue weighted by atomic mass is 32.2. The van der Waals surface area contributed by atoms with Crippen LogP contribution in [-0.2, 0) is 4.79 Å². The highest BCUT2D eigenvalue weighted by molar-refractivity contribution is 7.99. The number of aromatic nitrogens is 2. The van der Waals surface area contributed by atoms with Crippen LogP contribution in [0.25, 0.3) is 16.6 Å². The molecule has 1 N–H and O–H groups in total. The van der Waals surface area contributed by atoms with Crippen LogP contribution in [0.4, 0.5) is 14.5 Å². The van der Waals surface area contributed by atoms with Gasteiger partial charge in [0.25, 0.3) is 5.56 Å². The van der Waals surface area contributed by atoms with Gasteiger partial charge in [-0.25, -0.2) is 13.8 Å². The fraction of sp³-hybridized carbons (Fsp3) is 0.125. The predicted octanol–water partition coefficient (Wildman–Crippen LogP) is 5.01. The topological polar surface area (TPSA) is 64.0 Å². The average Bonchev–Trinajstić information content (AvgIpc) is 2.77. The molecule has 0 unspecified atom stereocenters. The molecule has 1 amide bonds. The molecule has 1 aromatic heterocycles. The minimum Gasteiger partial charge on any atom is -0.323 e. The molecule has 8 heteroatoms. The molecule has 32 heavy (non-hydrogen) atoms. The Morgan fingerprint density at radius 2 is 1.84 bits per heavy atom. The zero-order valence-corrected chi connectivity index (χ0v) is 18.2. The molecule has 0 atom stereocenters. The minimum absolute atomic E-state index is 0.147. The number of nitrogens with zero attached hydrogens (tertiary/aromatic N) is 2. The summed E-state index contributed by atoms with van der Waals surface area (Å²) in [6, 6.07) is 15.5. The van der Waals surface area contributed by atoms with Gasteiger partial charge in [-0.15, -0.1) is 0 Å². The zero-order valence-electron chi connectivity index (χ0n) is 17.4.